The summed E-state index contributed by atoms with van der Waals surface area (Å²) in [5.74, 6) is -3.41. The predicted molar refractivity (Wildman–Crippen MR) is 64.8 cm³/mol. The van der Waals surface area contributed by atoms with Crippen molar-refractivity contribution < 1.29 is 37.0 Å². The molecule has 0 saturated carbocycles. The van der Waals surface area contributed by atoms with Crippen LogP contribution < -0.4 is 5.32 Å². The smallest absolute Gasteiger partial charge is 0.431 e. The van der Waals surface area contributed by atoms with Crippen LogP contribution in [0.25, 0.3) is 0 Å². The van der Waals surface area contributed by atoms with Crippen LogP contribution in [0.2, 0.25) is 0 Å². The van der Waals surface area contributed by atoms with Crippen molar-refractivity contribution in [2.45, 2.75) is 33.4 Å². The summed E-state index contributed by atoms with van der Waals surface area (Å²) in [5, 5.41) is 1.50. The Morgan fingerprint density at radius 1 is 1.05 bits per heavy atom. The Balaban J connectivity index is 5.12. The van der Waals surface area contributed by atoms with Gasteiger partial charge in [0.05, 0.1) is 18.8 Å². The molecule has 0 rings (SSSR count). The number of allylic oxidation sites excluding steroid dienone is 1. The number of esters is 2. The molecule has 0 saturated heterocycles. The second-order valence-electron chi connectivity index (χ2n) is 3.75. The fraction of sp³-hybridized carbons (Fsp3) is 0.583. The van der Waals surface area contributed by atoms with Gasteiger partial charge in [-0.15, -0.1) is 0 Å². The van der Waals surface area contributed by atoms with E-state index in [0.717, 1.165) is 6.92 Å². The summed E-state index contributed by atoms with van der Waals surface area (Å²) in [7, 11) is 0. The van der Waals surface area contributed by atoms with E-state index >= 15 is 0 Å². The molecule has 0 aromatic rings. The van der Waals surface area contributed by atoms with Crippen molar-refractivity contribution in [3.8, 4) is 0 Å². The summed E-state index contributed by atoms with van der Waals surface area (Å²) in [6, 6.07) is 0. The summed E-state index contributed by atoms with van der Waals surface area (Å²) < 4.78 is 47.3. The van der Waals surface area contributed by atoms with Gasteiger partial charge in [-0.25, -0.2) is 4.79 Å². The standard InChI is InChI=1S/C12H16F3NO5/c1-4-20-9(18)6-8(17)16-10(12(13,14)15)7(3)11(19)21-5-2/h4-6H2,1-3H3,(H,16,17). The van der Waals surface area contributed by atoms with E-state index in [1.54, 1.807) is 0 Å². The molecule has 120 valence electrons. The van der Waals surface area contributed by atoms with Gasteiger partial charge in [0.1, 0.15) is 12.1 Å². The first-order valence-electron chi connectivity index (χ1n) is 6.04. The number of rotatable bonds is 6. The zero-order valence-electron chi connectivity index (χ0n) is 11.8. The van der Waals surface area contributed by atoms with Gasteiger partial charge in [-0.2, -0.15) is 13.2 Å². The summed E-state index contributed by atoms with van der Waals surface area (Å²) >= 11 is 0. The van der Waals surface area contributed by atoms with Gasteiger partial charge in [0.2, 0.25) is 5.91 Å². The number of hydrogen-bond acceptors (Lipinski definition) is 5. The third kappa shape index (κ3) is 6.77. The minimum atomic E-state index is -4.97. The predicted octanol–water partition coefficient (Wildman–Crippen LogP) is 1.46. The number of halogens is 3. The maximum Gasteiger partial charge on any atom is 0.431 e. The molecular formula is C12H16F3NO5. The maximum absolute atomic E-state index is 12.8. The fourth-order valence-corrected chi connectivity index (χ4v) is 1.25. The maximum atomic E-state index is 12.8. The summed E-state index contributed by atoms with van der Waals surface area (Å²) in [4.78, 5) is 33.7. The summed E-state index contributed by atoms with van der Waals surface area (Å²) in [6.07, 6.45) is -5.86. The zero-order chi connectivity index (χ0) is 16.6. The van der Waals surface area contributed by atoms with Gasteiger partial charge in [0.25, 0.3) is 0 Å². The Bertz CT molecular complexity index is 443. The number of carbonyl (C=O) groups is 3. The average molecular weight is 311 g/mol. The lowest BCUT2D eigenvalue weighted by molar-refractivity contribution is -0.146. The molecule has 9 heteroatoms. The molecule has 0 spiro atoms. The quantitative estimate of drug-likeness (QED) is 0.456. The van der Waals surface area contributed by atoms with E-state index in [4.69, 9.17) is 0 Å². The lowest BCUT2D eigenvalue weighted by atomic mass is 10.2. The summed E-state index contributed by atoms with van der Waals surface area (Å²) in [6.45, 7) is 3.67. The second kappa shape index (κ2) is 8.28. The van der Waals surface area contributed by atoms with Crippen LogP contribution in [-0.4, -0.2) is 37.2 Å². The Morgan fingerprint density at radius 3 is 2.00 bits per heavy atom. The van der Waals surface area contributed by atoms with Crippen LogP contribution in [0, 0.1) is 0 Å². The van der Waals surface area contributed by atoms with Crippen molar-refractivity contribution in [1.82, 2.24) is 5.32 Å². The Kier molecular flexibility index (Phi) is 7.46. The molecule has 6 nitrogen and oxygen atoms in total. The van der Waals surface area contributed by atoms with Gasteiger partial charge in [-0.05, 0) is 20.8 Å². The van der Waals surface area contributed by atoms with Crippen molar-refractivity contribution in [2.75, 3.05) is 13.2 Å². The molecule has 0 heterocycles. The van der Waals surface area contributed by atoms with Crippen LogP contribution >= 0.6 is 0 Å². The van der Waals surface area contributed by atoms with Gasteiger partial charge in [0.15, 0.2) is 0 Å². The van der Waals surface area contributed by atoms with Crippen LogP contribution in [-0.2, 0) is 23.9 Å². The lowest BCUT2D eigenvalue weighted by Gasteiger charge is -2.15. The van der Waals surface area contributed by atoms with E-state index in [9.17, 15) is 27.6 Å². The highest BCUT2D eigenvalue weighted by Gasteiger charge is 2.38. The minimum absolute atomic E-state index is 0.00403. The topological polar surface area (TPSA) is 81.7 Å². The molecule has 0 bridgehead atoms. The fourth-order valence-electron chi connectivity index (χ4n) is 1.25. The molecular weight excluding hydrogens is 295 g/mol. The average Bonchev–Trinajstić information content (AvgIpc) is 2.34. The van der Waals surface area contributed by atoms with E-state index in [1.165, 1.54) is 19.2 Å². The molecule has 0 atom stereocenters. The molecule has 1 amide bonds. The van der Waals surface area contributed by atoms with Crippen molar-refractivity contribution in [1.29, 1.82) is 0 Å². The molecule has 0 radical (unpaired) electrons. The van der Waals surface area contributed by atoms with Gasteiger partial charge < -0.3 is 14.8 Å². The molecule has 0 aliphatic carbocycles. The largest absolute Gasteiger partial charge is 0.466 e. The van der Waals surface area contributed by atoms with Crippen LogP contribution in [0.15, 0.2) is 11.3 Å². The number of ether oxygens (including phenoxy) is 2. The van der Waals surface area contributed by atoms with E-state index in [0.29, 0.717) is 0 Å². The van der Waals surface area contributed by atoms with Gasteiger partial charge in [-0.1, -0.05) is 0 Å². The molecule has 0 fully saturated rings. The third-order valence-electron chi connectivity index (χ3n) is 2.11. The molecule has 0 aromatic heterocycles. The number of hydrogen-bond donors (Lipinski definition) is 1. The van der Waals surface area contributed by atoms with E-state index in [1.807, 2.05) is 0 Å². The first-order valence-corrected chi connectivity index (χ1v) is 6.04. The van der Waals surface area contributed by atoms with E-state index < -0.39 is 41.7 Å². The monoisotopic (exact) mass is 311 g/mol. The van der Waals surface area contributed by atoms with Crippen LogP contribution in [0.4, 0.5) is 13.2 Å². The molecule has 0 aliphatic heterocycles. The number of alkyl halides is 3. The highest BCUT2D eigenvalue weighted by Crippen LogP contribution is 2.26. The van der Waals surface area contributed by atoms with Crippen molar-refractivity contribution in [3.63, 3.8) is 0 Å². The number of carbonyl (C=O) groups excluding carboxylic acids is 3. The zero-order valence-corrected chi connectivity index (χ0v) is 11.8. The highest BCUT2D eigenvalue weighted by atomic mass is 19.4. The first kappa shape index (κ1) is 18.9. The SMILES string of the molecule is CCOC(=O)CC(=O)NC(=C(C)C(=O)OCC)C(F)(F)F. The highest BCUT2D eigenvalue weighted by molar-refractivity contribution is 5.96. The van der Waals surface area contributed by atoms with Crippen molar-refractivity contribution in [2.24, 2.45) is 0 Å². The van der Waals surface area contributed by atoms with Crippen molar-refractivity contribution in [3.05, 3.63) is 11.3 Å². The summed E-state index contributed by atoms with van der Waals surface area (Å²) in [5.41, 5.74) is -2.36. The number of amides is 1. The molecule has 0 aliphatic rings. The number of nitrogens with one attached hydrogen (secondary N) is 1. The minimum Gasteiger partial charge on any atom is -0.466 e. The Hall–Kier alpha value is -2.06. The van der Waals surface area contributed by atoms with Gasteiger partial charge in [0, 0.05) is 0 Å². The molecule has 21 heavy (non-hydrogen) atoms. The van der Waals surface area contributed by atoms with Crippen molar-refractivity contribution >= 4 is 17.8 Å². The van der Waals surface area contributed by atoms with E-state index in [-0.39, 0.29) is 13.2 Å². The van der Waals surface area contributed by atoms with Gasteiger partial charge in [-0.3, -0.25) is 9.59 Å². The van der Waals surface area contributed by atoms with Crippen LogP contribution in [0.3, 0.4) is 0 Å². The Labute approximate surface area is 119 Å². The van der Waals surface area contributed by atoms with Gasteiger partial charge >= 0.3 is 18.1 Å². The lowest BCUT2D eigenvalue weighted by Crippen LogP contribution is -2.35. The van der Waals surface area contributed by atoms with Crippen LogP contribution in [0.5, 0.6) is 0 Å². The first-order chi connectivity index (χ1) is 9.63. The normalized spacial score (nSPS) is 12.3. The van der Waals surface area contributed by atoms with Crippen LogP contribution in [0.1, 0.15) is 27.2 Å². The molecule has 0 unspecified atom stereocenters. The second-order valence-corrected chi connectivity index (χ2v) is 3.75. The molecule has 1 N–H and O–H groups in total. The Morgan fingerprint density at radius 2 is 1.57 bits per heavy atom. The molecule has 0 aromatic carbocycles. The third-order valence-corrected chi connectivity index (χ3v) is 2.11. The van der Waals surface area contributed by atoms with E-state index in [2.05, 4.69) is 9.47 Å².